The summed E-state index contributed by atoms with van der Waals surface area (Å²) in [6.07, 6.45) is 43.7. The molecule has 0 aliphatic carbocycles. The number of hydrogen-bond acceptors (Lipinski definition) is 5. The Hall–Kier alpha value is -1.10. The molecule has 5 nitrogen and oxygen atoms in total. The van der Waals surface area contributed by atoms with Gasteiger partial charge in [0.2, 0.25) is 0 Å². The Morgan fingerprint density at radius 3 is 0.792 bits per heavy atom. The molecule has 0 aliphatic rings. The Bertz CT molecular complexity index is 601. The highest BCUT2D eigenvalue weighted by molar-refractivity contribution is 5.70. The fraction of sp³-hybridized carbons (Fsp3) is 0.953. The summed E-state index contributed by atoms with van der Waals surface area (Å²) in [6, 6.07) is 0. The lowest BCUT2D eigenvalue weighted by molar-refractivity contribution is -0.144. The van der Waals surface area contributed by atoms with E-state index < -0.39 is 0 Å². The van der Waals surface area contributed by atoms with Crippen molar-refractivity contribution < 1.29 is 19.1 Å². The van der Waals surface area contributed by atoms with Crippen molar-refractivity contribution in [2.24, 2.45) is 0 Å². The van der Waals surface area contributed by atoms with E-state index >= 15 is 0 Å². The number of nitrogens with zero attached hydrogens (tertiary/aromatic N) is 1. The van der Waals surface area contributed by atoms with Crippen molar-refractivity contribution in [1.82, 2.24) is 4.90 Å². The number of unbranched alkanes of at least 4 members (excludes halogenated alkanes) is 30. The van der Waals surface area contributed by atoms with Gasteiger partial charge in [-0.3, -0.25) is 9.59 Å². The van der Waals surface area contributed by atoms with Crippen LogP contribution in [0.3, 0.4) is 0 Å². The van der Waals surface area contributed by atoms with E-state index in [0.29, 0.717) is 39.1 Å². The second-order valence-corrected chi connectivity index (χ2v) is 14.9. The van der Waals surface area contributed by atoms with E-state index in [1.807, 2.05) is 11.9 Å². The van der Waals surface area contributed by atoms with E-state index in [1.54, 1.807) is 0 Å². The number of esters is 2. The van der Waals surface area contributed by atoms with Crippen LogP contribution >= 0.6 is 0 Å². The summed E-state index contributed by atoms with van der Waals surface area (Å²) in [5.74, 6) is -0.261. The van der Waals surface area contributed by atoms with Crippen LogP contribution in [-0.2, 0) is 19.1 Å². The molecule has 0 saturated carbocycles. The van der Waals surface area contributed by atoms with Crippen molar-refractivity contribution in [2.75, 3.05) is 33.4 Å². The molecule has 0 atom stereocenters. The van der Waals surface area contributed by atoms with E-state index in [1.165, 1.54) is 180 Å². The van der Waals surface area contributed by atoms with Gasteiger partial charge in [-0.25, -0.2) is 0 Å². The first-order chi connectivity index (χ1) is 23.6. The molecule has 48 heavy (non-hydrogen) atoms. The van der Waals surface area contributed by atoms with Crippen LogP contribution in [-0.4, -0.2) is 50.2 Å². The van der Waals surface area contributed by atoms with E-state index in [-0.39, 0.29) is 11.9 Å². The fourth-order valence-electron chi connectivity index (χ4n) is 6.49. The van der Waals surface area contributed by atoms with Crippen LogP contribution in [0.1, 0.15) is 232 Å². The molecule has 0 N–H and O–H groups in total. The van der Waals surface area contributed by atoms with Crippen molar-refractivity contribution in [3.05, 3.63) is 0 Å². The van der Waals surface area contributed by atoms with Crippen LogP contribution < -0.4 is 0 Å². The van der Waals surface area contributed by atoms with Crippen LogP contribution in [0.4, 0.5) is 0 Å². The Labute approximate surface area is 300 Å². The lowest BCUT2D eigenvalue weighted by Gasteiger charge is -2.15. The van der Waals surface area contributed by atoms with Crippen LogP contribution in [0.5, 0.6) is 0 Å². The van der Waals surface area contributed by atoms with Crippen LogP contribution in [0.2, 0.25) is 0 Å². The zero-order valence-corrected chi connectivity index (χ0v) is 33.0. The molecular formula is C43H85NO4. The topological polar surface area (TPSA) is 55.8 Å². The summed E-state index contributed by atoms with van der Waals surface area (Å²) in [7, 11) is 1.95. The van der Waals surface area contributed by atoms with Gasteiger partial charge in [0.25, 0.3) is 0 Å². The highest BCUT2D eigenvalue weighted by atomic mass is 16.5. The average molecular weight is 680 g/mol. The molecule has 0 aliphatic heterocycles. The molecule has 0 heterocycles. The molecule has 5 heteroatoms. The predicted molar refractivity (Wildman–Crippen MR) is 208 cm³/mol. The first-order valence-electron chi connectivity index (χ1n) is 21.6. The molecule has 0 bridgehead atoms. The molecule has 0 aromatic heterocycles. The Morgan fingerprint density at radius 2 is 0.562 bits per heavy atom. The van der Waals surface area contributed by atoms with Crippen molar-refractivity contribution in [2.45, 2.75) is 232 Å². The van der Waals surface area contributed by atoms with Crippen molar-refractivity contribution >= 4 is 11.9 Å². The fourth-order valence-corrected chi connectivity index (χ4v) is 6.49. The highest BCUT2D eigenvalue weighted by Gasteiger charge is 2.09. The van der Waals surface area contributed by atoms with E-state index in [4.69, 9.17) is 9.47 Å². The standard InChI is InChI=1S/C43H85NO4/c1-4-6-8-10-12-14-16-18-20-22-24-26-28-30-32-34-40-47-42(45)36-38-44(3)39-37-43(46)48-41-35-33-31-29-27-25-23-21-19-17-15-13-11-9-7-5-2/h4-41H2,1-3H3. The summed E-state index contributed by atoms with van der Waals surface area (Å²) < 4.78 is 10.8. The third-order valence-corrected chi connectivity index (χ3v) is 9.92. The minimum absolute atomic E-state index is 0.131. The van der Waals surface area contributed by atoms with Gasteiger partial charge < -0.3 is 14.4 Å². The van der Waals surface area contributed by atoms with E-state index in [9.17, 15) is 9.59 Å². The molecule has 0 rings (SSSR count). The van der Waals surface area contributed by atoms with Gasteiger partial charge in [-0.1, -0.05) is 206 Å². The van der Waals surface area contributed by atoms with Gasteiger partial charge in [-0.2, -0.15) is 0 Å². The number of carbonyl (C=O) groups is 2. The number of rotatable bonds is 40. The number of ether oxygens (including phenoxy) is 2. The molecule has 0 aromatic carbocycles. The monoisotopic (exact) mass is 680 g/mol. The second kappa shape index (κ2) is 40.3. The zero-order valence-electron chi connectivity index (χ0n) is 33.0. The summed E-state index contributed by atoms with van der Waals surface area (Å²) in [4.78, 5) is 26.2. The van der Waals surface area contributed by atoms with Crippen LogP contribution in [0.25, 0.3) is 0 Å². The van der Waals surface area contributed by atoms with Crippen LogP contribution in [0, 0.1) is 0 Å². The minimum atomic E-state index is -0.131. The molecule has 0 unspecified atom stereocenters. The molecule has 0 amide bonds. The average Bonchev–Trinajstić information content (AvgIpc) is 3.09. The number of carbonyl (C=O) groups excluding carboxylic acids is 2. The summed E-state index contributed by atoms with van der Waals surface area (Å²) in [5, 5.41) is 0. The molecule has 0 aromatic rings. The van der Waals surface area contributed by atoms with Crippen molar-refractivity contribution in [3.63, 3.8) is 0 Å². The maximum absolute atomic E-state index is 12.1. The van der Waals surface area contributed by atoms with Gasteiger partial charge in [0.15, 0.2) is 0 Å². The van der Waals surface area contributed by atoms with Gasteiger partial charge >= 0.3 is 11.9 Å². The molecule has 0 fully saturated rings. The Morgan fingerprint density at radius 1 is 0.354 bits per heavy atom. The van der Waals surface area contributed by atoms with E-state index in [2.05, 4.69) is 13.8 Å². The third-order valence-electron chi connectivity index (χ3n) is 9.92. The number of hydrogen-bond donors (Lipinski definition) is 0. The minimum Gasteiger partial charge on any atom is -0.466 e. The lowest BCUT2D eigenvalue weighted by Crippen LogP contribution is -2.26. The largest absolute Gasteiger partial charge is 0.466 e. The van der Waals surface area contributed by atoms with Gasteiger partial charge in [-0.15, -0.1) is 0 Å². The molecule has 0 spiro atoms. The molecule has 0 radical (unpaired) electrons. The van der Waals surface area contributed by atoms with Crippen molar-refractivity contribution in [3.8, 4) is 0 Å². The zero-order chi connectivity index (χ0) is 35.0. The molecule has 286 valence electrons. The summed E-state index contributed by atoms with van der Waals surface area (Å²) >= 11 is 0. The van der Waals surface area contributed by atoms with E-state index in [0.717, 1.165) is 25.7 Å². The van der Waals surface area contributed by atoms with Gasteiger partial charge in [0, 0.05) is 13.1 Å². The first kappa shape index (κ1) is 46.9. The smallest absolute Gasteiger partial charge is 0.307 e. The van der Waals surface area contributed by atoms with Crippen LogP contribution in [0.15, 0.2) is 0 Å². The maximum atomic E-state index is 12.1. The third kappa shape index (κ3) is 39.3. The SMILES string of the molecule is CCCCCCCCCCCCCCCCCCOC(=O)CCN(C)CCC(=O)OCCCCCCCCCCCCCCCCCC. The molecular weight excluding hydrogens is 594 g/mol. The first-order valence-corrected chi connectivity index (χ1v) is 21.6. The normalized spacial score (nSPS) is 11.4. The van der Waals surface area contributed by atoms with Gasteiger partial charge in [0.05, 0.1) is 26.1 Å². The molecule has 0 saturated heterocycles. The van der Waals surface area contributed by atoms with Crippen molar-refractivity contribution in [1.29, 1.82) is 0 Å². The van der Waals surface area contributed by atoms with Gasteiger partial charge in [0.1, 0.15) is 0 Å². The highest BCUT2D eigenvalue weighted by Crippen LogP contribution is 2.15. The maximum Gasteiger partial charge on any atom is 0.307 e. The quantitative estimate of drug-likeness (QED) is 0.0476. The lowest BCUT2D eigenvalue weighted by atomic mass is 10.0. The summed E-state index contributed by atoms with van der Waals surface area (Å²) in [6.45, 7) is 6.87. The predicted octanol–water partition coefficient (Wildman–Crippen LogP) is 13.3. The Balaban J connectivity index is 3.36. The Kier molecular flexibility index (Phi) is 39.4. The second-order valence-electron chi connectivity index (χ2n) is 14.9. The van der Waals surface area contributed by atoms with Gasteiger partial charge in [-0.05, 0) is 19.9 Å². The summed E-state index contributed by atoms with van der Waals surface area (Å²) in [5.41, 5.74) is 0.